The van der Waals surface area contributed by atoms with Gasteiger partial charge >= 0.3 is 0 Å². The lowest BCUT2D eigenvalue weighted by atomic mass is 9.93. The fourth-order valence-corrected chi connectivity index (χ4v) is 3.23. The molecule has 0 amide bonds. The fraction of sp³-hybridized carbons (Fsp3) is 0.625. The Balaban J connectivity index is 1.82. The molecule has 2 unspecified atom stereocenters. The highest BCUT2D eigenvalue weighted by Gasteiger charge is 2.18. The van der Waals surface area contributed by atoms with Crippen LogP contribution < -0.4 is 4.74 Å². The summed E-state index contributed by atoms with van der Waals surface area (Å²) in [6.07, 6.45) is 8.88. The third-order valence-electron chi connectivity index (χ3n) is 3.97. The zero-order valence-electron chi connectivity index (χ0n) is 11.2. The van der Waals surface area contributed by atoms with Crippen molar-refractivity contribution in [3.05, 3.63) is 29.8 Å². The number of benzene rings is 1. The predicted octanol–water partition coefficient (Wildman–Crippen LogP) is 4.82. The van der Waals surface area contributed by atoms with E-state index in [1.165, 1.54) is 44.1 Å². The highest BCUT2D eigenvalue weighted by atomic mass is 35.5. The Kier molecular flexibility index (Phi) is 5.37. The van der Waals surface area contributed by atoms with Gasteiger partial charge < -0.3 is 4.74 Å². The second-order valence-electron chi connectivity index (χ2n) is 5.37. The van der Waals surface area contributed by atoms with E-state index in [0.29, 0.717) is 5.38 Å². The van der Waals surface area contributed by atoms with Gasteiger partial charge in [0.25, 0.3) is 0 Å². The van der Waals surface area contributed by atoms with Gasteiger partial charge in [-0.15, -0.1) is 11.6 Å². The lowest BCUT2D eigenvalue weighted by Crippen LogP contribution is -2.06. The minimum absolute atomic E-state index is 0.411. The van der Waals surface area contributed by atoms with Crippen molar-refractivity contribution >= 4 is 11.6 Å². The van der Waals surface area contributed by atoms with Gasteiger partial charge in [-0.05, 0) is 49.3 Å². The summed E-state index contributed by atoms with van der Waals surface area (Å²) in [6, 6.07) is 8.45. The smallest absolute Gasteiger partial charge is 0.118 e. The average Bonchev–Trinajstić information content (AvgIpc) is 2.61. The third-order valence-corrected chi connectivity index (χ3v) is 4.37. The number of hydrogen-bond donors (Lipinski definition) is 0. The molecule has 0 aromatic heterocycles. The topological polar surface area (TPSA) is 9.23 Å². The van der Waals surface area contributed by atoms with E-state index in [-0.39, 0.29) is 0 Å². The van der Waals surface area contributed by atoms with Crippen molar-refractivity contribution in [2.75, 3.05) is 7.11 Å². The number of methoxy groups -OCH3 is 1. The Morgan fingerprint density at radius 1 is 1.17 bits per heavy atom. The Hall–Kier alpha value is -0.690. The van der Waals surface area contributed by atoms with E-state index in [2.05, 4.69) is 12.1 Å². The van der Waals surface area contributed by atoms with Crippen LogP contribution in [0.1, 0.15) is 44.1 Å². The summed E-state index contributed by atoms with van der Waals surface area (Å²) in [5, 5.41) is 0.411. The molecule has 1 aliphatic carbocycles. The van der Waals surface area contributed by atoms with Gasteiger partial charge in [-0.25, -0.2) is 0 Å². The van der Waals surface area contributed by atoms with Crippen molar-refractivity contribution in [2.24, 2.45) is 5.92 Å². The number of rotatable bonds is 4. The molecule has 100 valence electrons. The standard InChI is InChI=1S/C16H23ClO/c1-18-16-10-8-13(9-11-16)6-7-14-4-2-3-5-15(17)12-14/h8-11,14-15H,2-7,12H2,1H3. The minimum atomic E-state index is 0.411. The number of ether oxygens (including phenoxy) is 1. The molecule has 1 fully saturated rings. The van der Waals surface area contributed by atoms with Gasteiger partial charge in [-0.2, -0.15) is 0 Å². The first-order valence-electron chi connectivity index (χ1n) is 7.05. The van der Waals surface area contributed by atoms with Crippen molar-refractivity contribution in [3.63, 3.8) is 0 Å². The molecule has 0 radical (unpaired) electrons. The molecule has 0 saturated heterocycles. The maximum atomic E-state index is 6.32. The van der Waals surface area contributed by atoms with Crippen LogP contribution >= 0.6 is 11.6 Å². The van der Waals surface area contributed by atoms with E-state index in [9.17, 15) is 0 Å². The van der Waals surface area contributed by atoms with Crippen molar-refractivity contribution in [2.45, 2.75) is 50.3 Å². The van der Waals surface area contributed by atoms with Crippen LogP contribution in [0.2, 0.25) is 0 Å². The van der Waals surface area contributed by atoms with Crippen LogP contribution in [0.5, 0.6) is 5.75 Å². The number of alkyl halides is 1. The molecule has 2 rings (SSSR count). The van der Waals surface area contributed by atoms with Crippen LogP contribution in [-0.4, -0.2) is 12.5 Å². The van der Waals surface area contributed by atoms with Gasteiger partial charge in [-0.1, -0.05) is 31.4 Å². The molecule has 0 N–H and O–H groups in total. The molecule has 1 aromatic carbocycles. The molecule has 1 saturated carbocycles. The summed E-state index contributed by atoms with van der Waals surface area (Å²) in [5.41, 5.74) is 1.41. The Labute approximate surface area is 115 Å². The zero-order chi connectivity index (χ0) is 12.8. The first kappa shape index (κ1) is 13.7. The molecule has 0 spiro atoms. The molecule has 0 aliphatic heterocycles. The van der Waals surface area contributed by atoms with E-state index in [1.807, 2.05) is 12.1 Å². The number of halogens is 1. The third kappa shape index (κ3) is 4.20. The molecule has 0 bridgehead atoms. The van der Waals surface area contributed by atoms with Crippen molar-refractivity contribution < 1.29 is 4.74 Å². The molecule has 2 atom stereocenters. The molecule has 2 heteroatoms. The minimum Gasteiger partial charge on any atom is -0.497 e. The quantitative estimate of drug-likeness (QED) is 0.561. The van der Waals surface area contributed by atoms with Gasteiger partial charge in [0.05, 0.1) is 7.11 Å². The van der Waals surface area contributed by atoms with Gasteiger partial charge in [-0.3, -0.25) is 0 Å². The number of aryl methyl sites for hydroxylation is 1. The normalized spacial score (nSPS) is 24.6. The number of hydrogen-bond acceptors (Lipinski definition) is 1. The van der Waals surface area contributed by atoms with Crippen LogP contribution in [-0.2, 0) is 6.42 Å². The summed E-state index contributed by atoms with van der Waals surface area (Å²) in [7, 11) is 1.71. The fourth-order valence-electron chi connectivity index (χ4n) is 2.82. The van der Waals surface area contributed by atoms with E-state index in [4.69, 9.17) is 16.3 Å². The monoisotopic (exact) mass is 266 g/mol. The highest BCUT2D eigenvalue weighted by Crippen LogP contribution is 2.29. The van der Waals surface area contributed by atoms with Crippen LogP contribution in [0, 0.1) is 5.92 Å². The van der Waals surface area contributed by atoms with Crippen LogP contribution in [0.3, 0.4) is 0 Å². The van der Waals surface area contributed by atoms with Gasteiger partial charge in [0.2, 0.25) is 0 Å². The zero-order valence-corrected chi connectivity index (χ0v) is 12.0. The molecular weight excluding hydrogens is 244 g/mol. The lowest BCUT2D eigenvalue weighted by Gasteiger charge is -2.15. The maximum Gasteiger partial charge on any atom is 0.118 e. The Bertz CT molecular complexity index is 347. The summed E-state index contributed by atoms with van der Waals surface area (Å²) in [4.78, 5) is 0. The Morgan fingerprint density at radius 3 is 2.61 bits per heavy atom. The van der Waals surface area contributed by atoms with Crippen molar-refractivity contribution in [1.29, 1.82) is 0 Å². The second kappa shape index (κ2) is 7.04. The van der Waals surface area contributed by atoms with Crippen LogP contribution in [0.25, 0.3) is 0 Å². The van der Waals surface area contributed by atoms with E-state index in [0.717, 1.165) is 18.1 Å². The summed E-state index contributed by atoms with van der Waals surface area (Å²) in [6.45, 7) is 0. The predicted molar refractivity (Wildman–Crippen MR) is 77.5 cm³/mol. The first-order chi connectivity index (χ1) is 8.78. The molecule has 18 heavy (non-hydrogen) atoms. The van der Waals surface area contributed by atoms with Crippen LogP contribution in [0.4, 0.5) is 0 Å². The van der Waals surface area contributed by atoms with Crippen LogP contribution in [0.15, 0.2) is 24.3 Å². The molecule has 1 nitrogen and oxygen atoms in total. The molecule has 1 aromatic rings. The Morgan fingerprint density at radius 2 is 1.89 bits per heavy atom. The highest BCUT2D eigenvalue weighted by molar-refractivity contribution is 6.20. The summed E-state index contributed by atoms with van der Waals surface area (Å²) < 4.78 is 5.18. The van der Waals surface area contributed by atoms with E-state index < -0.39 is 0 Å². The van der Waals surface area contributed by atoms with E-state index >= 15 is 0 Å². The van der Waals surface area contributed by atoms with Gasteiger partial charge in [0, 0.05) is 5.38 Å². The first-order valence-corrected chi connectivity index (χ1v) is 7.48. The second-order valence-corrected chi connectivity index (χ2v) is 5.99. The molecule has 0 heterocycles. The van der Waals surface area contributed by atoms with Gasteiger partial charge in [0.15, 0.2) is 0 Å². The van der Waals surface area contributed by atoms with Gasteiger partial charge in [0.1, 0.15) is 5.75 Å². The average molecular weight is 267 g/mol. The lowest BCUT2D eigenvalue weighted by molar-refractivity contribution is 0.414. The van der Waals surface area contributed by atoms with Crippen molar-refractivity contribution in [1.82, 2.24) is 0 Å². The summed E-state index contributed by atoms with van der Waals surface area (Å²) in [5.74, 6) is 1.76. The molecular formula is C16H23ClO. The van der Waals surface area contributed by atoms with E-state index in [1.54, 1.807) is 7.11 Å². The van der Waals surface area contributed by atoms with Crippen molar-refractivity contribution in [3.8, 4) is 5.75 Å². The largest absolute Gasteiger partial charge is 0.497 e. The maximum absolute atomic E-state index is 6.32. The molecule has 1 aliphatic rings. The SMILES string of the molecule is COc1ccc(CCC2CCCCC(Cl)C2)cc1. The summed E-state index contributed by atoms with van der Waals surface area (Å²) >= 11 is 6.32.